The first-order valence-electron chi connectivity index (χ1n) is 12.5. The highest BCUT2D eigenvalue weighted by atomic mass is 19.4. The van der Waals surface area contributed by atoms with Crippen molar-refractivity contribution in [3.63, 3.8) is 0 Å². The van der Waals surface area contributed by atoms with Gasteiger partial charge in [0.25, 0.3) is 0 Å². The number of amides is 1. The van der Waals surface area contributed by atoms with Crippen LogP contribution in [-0.4, -0.2) is 80.7 Å². The Morgan fingerprint density at radius 1 is 0.953 bits per heavy atom. The van der Waals surface area contributed by atoms with E-state index in [0.29, 0.717) is 18.7 Å². The van der Waals surface area contributed by atoms with Crippen LogP contribution in [0.25, 0.3) is 11.3 Å². The minimum absolute atomic E-state index is 0.191. The smallest absolute Gasteiger partial charge is 0.481 e. The zero-order valence-corrected chi connectivity index (χ0v) is 22.9. The molecule has 0 saturated heterocycles. The van der Waals surface area contributed by atoms with Gasteiger partial charge in [0.1, 0.15) is 0 Å². The normalized spacial score (nSPS) is 12.9. The van der Waals surface area contributed by atoms with E-state index in [1.54, 1.807) is 13.3 Å². The molecule has 43 heavy (non-hydrogen) atoms. The standard InChI is InChI=1S/C23H26N4O2.2C2HF3O2/c1-16-3-6-18(7-4-16)23-19-10-13-27(14-11-20(19)25-26-23)22(28)8-5-17-9-12-24-21(15-17)29-2;2*3-2(4,5)1(6)7/h3-4,6-7,9,12,15H,5,8,10-11,13-14H2,1-2H3,(H,25,26);2*(H,6,7). The van der Waals surface area contributed by atoms with Crippen LogP contribution < -0.4 is 4.74 Å². The number of aryl methyl sites for hydroxylation is 2. The maximum Gasteiger partial charge on any atom is 0.490 e. The van der Waals surface area contributed by atoms with Gasteiger partial charge in [0, 0.05) is 55.0 Å². The molecule has 0 atom stereocenters. The van der Waals surface area contributed by atoms with E-state index in [0.717, 1.165) is 48.4 Å². The third-order valence-corrected chi connectivity index (χ3v) is 6.01. The molecule has 1 aliphatic rings. The first-order chi connectivity index (χ1) is 20.0. The Kier molecular flexibility index (Phi) is 12.1. The Labute approximate surface area is 241 Å². The summed E-state index contributed by atoms with van der Waals surface area (Å²) >= 11 is 0. The van der Waals surface area contributed by atoms with E-state index in [4.69, 9.17) is 24.5 Å². The molecule has 16 heteroatoms. The summed E-state index contributed by atoms with van der Waals surface area (Å²) in [5, 5.41) is 22.0. The number of aromatic nitrogens is 3. The van der Waals surface area contributed by atoms with Crippen molar-refractivity contribution in [2.45, 2.75) is 45.0 Å². The predicted molar refractivity (Wildman–Crippen MR) is 139 cm³/mol. The van der Waals surface area contributed by atoms with Gasteiger partial charge in [-0.05, 0) is 31.4 Å². The van der Waals surface area contributed by atoms with E-state index in [1.165, 1.54) is 11.1 Å². The summed E-state index contributed by atoms with van der Waals surface area (Å²) in [7, 11) is 1.60. The predicted octanol–water partition coefficient (Wildman–Crippen LogP) is 4.62. The molecule has 0 fully saturated rings. The van der Waals surface area contributed by atoms with Crippen molar-refractivity contribution in [1.29, 1.82) is 0 Å². The van der Waals surface area contributed by atoms with E-state index in [1.807, 2.05) is 17.0 Å². The van der Waals surface area contributed by atoms with Crippen LogP contribution in [0.3, 0.4) is 0 Å². The highest BCUT2D eigenvalue weighted by molar-refractivity contribution is 5.77. The zero-order valence-electron chi connectivity index (χ0n) is 22.9. The molecule has 0 aliphatic carbocycles. The van der Waals surface area contributed by atoms with Crippen LogP contribution in [0.5, 0.6) is 5.88 Å². The number of carboxylic acid groups (broad SMARTS) is 2. The number of ether oxygens (including phenoxy) is 1. The van der Waals surface area contributed by atoms with Crippen molar-refractivity contribution in [3.05, 3.63) is 65.0 Å². The first kappa shape index (κ1) is 34.6. The number of H-pyrrole nitrogens is 1. The molecule has 3 N–H and O–H groups in total. The van der Waals surface area contributed by atoms with Gasteiger partial charge in [-0.25, -0.2) is 14.6 Å². The lowest BCUT2D eigenvalue weighted by atomic mass is 10.0. The molecule has 0 unspecified atom stereocenters. The van der Waals surface area contributed by atoms with Crippen molar-refractivity contribution in [2.24, 2.45) is 0 Å². The van der Waals surface area contributed by atoms with E-state index < -0.39 is 24.3 Å². The summed E-state index contributed by atoms with van der Waals surface area (Å²) in [6.45, 7) is 3.53. The number of carbonyl (C=O) groups excluding carboxylic acids is 1. The highest BCUT2D eigenvalue weighted by Crippen LogP contribution is 2.27. The summed E-state index contributed by atoms with van der Waals surface area (Å²) < 4.78 is 68.6. The van der Waals surface area contributed by atoms with E-state index in [2.05, 4.69) is 46.4 Å². The molecule has 234 valence electrons. The Balaban J connectivity index is 0.000000384. The summed E-state index contributed by atoms with van der Waals surface area (Å²) in [5.74, 6) is -4.74. The van der Waals surface area contributed by atoms with Crippen molar-refractivity contribution >= 4 is 17.8 Å². The number of fused-ring (bicyclic) bond motifs is 1. The number of rotatable bonds is 5. The average molecular weight is 619 g/mol. The molecule has 1 aliphatic heterocycles. The summed E-state index contributed by atoms with van der Waals surface area (Å²) in [6, 6.07) is 12.3. The molecule has 10 nitrogen and oxygen atoms in total. The second-order valence-corrected chi connectivity index (χ2v) is 9.09. The molecule has 2 aromatic heterocycles. The molecular formula is C27H28F6N4O6. The fourth-order valence-electron chi connectivity index (χ4n) is 3.81. The Morgan fingerprint density at radius 2 is 1.51 bits per heavy atom. The lowest BCUT2D eigenvalue weighted by Crippen LogP contribution is -2.33. The fraction of sp³-hybridized carbons (Fsp3) is 0.370. The number of aromatic amines is 1. The number of carbonyl (C=O) groups is 3. The molecule has 0 bridgehead atoms. The van der Waals surface area contributed by atoms with Gasteiger partial charge in [0.15, 0.2) is 0 Å². The van der Waals surface area contributed by atoms with Crippen LogP contribution in [0.2, 0.25) is 0 Å². The van der Waals surface area contributed by atoms with Crippen molar-refractivity contribution in [3.8, 4) is 17.1 Å². The number of methoxy groups -OCH3 is 1. The van der Waals surface area contributed by atoms with E-state index in [9.17, 15) is 31.1 Å². The molecule has 4 rings (SSSR count). The lowest BCUT2D eigenvalue weighted by molar-refractivity contribution is -0.193. The second-order valence-electron chi connectivity index (χ2n) is 9.09. The Morgan fingerprint density at radius 3 is 2.05 bits per heavy atom. The molecule has 1 aromatic carbocycles. The average Bonchev–Trinajstić information content (AvgIpc) is 3.22. The minimum Gasteiger partial charge on any atom is -0.481 e. The zero-order chi connectivity index (χ0) is 32.4. The molecule has 3 aromatic rings. The number of alkyl halides is 6. The first-order valence-corrected chi connectivity index (χ1v) is 12.5. The van der Waals surface area contributed by atoms with Crippen LogP contribution in [0.1, 0.15) is 28.8 Å². The van der Waals surface area contributed by atoms with Crippen LogP contribution in [0.15, 0.2) is 42.6 Å². The largest absolute Gasteiger partial charge is 0.490 e. The van der Waals surface area contributed by atoms with Crippen LogP contribution in [0, 0.1) is 6.92 Å². The van der Waals surface area contributed by atoms with Crippen molar-refractivity contribution < 1.29 is 55.7 Å². The number of nitrogens with one attached hydrogen (secondary N) is 1. The summed E-state index contributed by atoms with van der Waals surface area (Å²) in [4.78, 5) is 36.7. The third-order valence-electron chi connectivity index (χ3n) is 6.01. The van der Waals surface area contributed by atoms with Gasteiger partial charge in [-0.3, -0.25) is 9.89 Å². The van der Waals surface area contributed by atoms with Crippen molar-refractivity contribution in [1.82, 2.24) is 20.1 Å². The Bertz CT molecular complexity index is 1370. The summed E-state index contributed by atoms with van der Waals surface area (Å²) in [5.41, 5.74) is 6.82. The SMILES string of the molecule is COc1cc(CCC(=O)N2CCc3[nH]nc(-c4ccc(C)cc4)c3CC2)ccn1.O=C(O)C(F)(F)F.O=C(O)C(F)(F)F. The van der Waals surface area contributed by atoms with Crippen LogP contribution in [-0.2, 0) is 33.6 Å². The maximum absolute atomic E-state index is 12.8. The second kappa shape index (κ2) is 15.0. The fourth-order valence-corrected chi connectivity index (χ4v) is 3.81. The number of hydrogen-bond acceptors (Lipinski definition) is 6. The number of hydrogen-bond donors (Lipinski definition) is 3. The van der Waals surface area contributed by atoms with Gasteiger partial charge in [-0.2, -0.15) is 31.4 Å². The number of nitrogens with zero attached hydrogens (tertiary/aromatic N) is 3. The van der Waals surface area contributed by atoms with Gasteiger partial charge in [-0.1, -0.05) is 29.8 Å². The lowest BCUT2D eigenvalue weighted by Gasteiger charge is -2.20. The maximum atomic E-state index is 12.8. The van der Waals surface area contributed by atoms with Crippen molar-refractivity contribution in [2.75, 3.05) is 20.2 Å². The van der Waals surface area contributed by atoms with Gasteiger partial charge in [0.2, 0.25) is 11.8 Å². The van der Waals surface area contributed by atoms with Gasteiger partial charge >= 0.3 is 24.3 Å². The monoisotopic (exact) mass is 618 g/mol. The molecule has 3 heterocycles. The highest BCUT2D eigenvalue weighted by Gasteiger charge is 2.38. The topological polar surface area (TPSA) is 146 Å². The van der Waals surface area contributed by atoms with Gasteiger partial charge < -0.3 is 19.8 Å². The Hall–Kier alpha value is -4.63. The molecule has 0 saturated carbocycles. The molecular weight excluding hydrogens is 590 g/mol. The quantitative estimate of drug-likeness (QED) is 0.352. The number of halogens is 6. The number of pyridine rings is 1. The number of aliphatic carboxylic acids is 2. The number of carboxylic acids is 2. The molecule has 0 radical (unpaired) electrons. The van der Waals surface area contributed by atoms with Crippen LogP contribution >= 0.6 is 0 Å². The van der Waals surface area contributed by atoms with Gasteiger partial charge in [0.05, 0.1) is 12.8 Å². The third kappa shape index (κ3) is 10.9. The van der Waals surface area contributed by atoms with E-state index >= 15 is 0 Å². The summed E-state index contributed by atoms with van der Waals surface area (Å²) in [6.07, 6.45) is -5.64. The van der Waals surface area contributed by atoms with Gasteiger partial charge in [-0.15, -0.1) is 0 Å². The molecule has 0 spiro atoms. The van der Waals surface area contributed by atoms with Crippen LogP contribution in [0.4, 0.5) is 26.3 Å². The molecule has 1 amide bonds. The van der Waals surface area contributed by atoms with E-state index in [-0.39, 0.29) is 5.91 Å². The number of benzene rings is 1. The minimum atomic E-state index is -5.08.